The van der Waals surface area contributed by atoms with E-state index in [-0.39, 0.29) is 6.61 Å². The lowest BCUT2D eigenvalue weighted by Gasteiger charge is -2.26. The maximum absolute atomic E-state index is 12.1. The van der Waals surface area contributed by atoms with Crippen LogP contribution in [0.1, 0.15) is 17.5 Å². The summed E-state index contributed by atoms with van der Waals surface area (Å²) in [6.07, 6.45) is -0.484. The van der Waals surface area contributed by atoms with E-state index in [4.69, 9.17) is 26.3 Å². The molecule has 0 spiro atoms. The number of para-hydroxylation sites is 1. The smallest absolute Gasteiger partial charge is 0.412 e. The van der Waals surface area contributed by atoms with Gasteiger partial charge in [0.2, 0.25) is 0 Å². The van der Waals surface area contributed by atoms with Crippen molar-refractivity contribution in [3.05, 3.63) is 58.6 Å². The number of benzene rings is 2. The van der Waals surface area contributed by atoms with Gasteiger partial charge in [0.25, 0.3) is 5.91 Å². The molecule has 26 heavy (non-hydrogen) atoms. The molecular formula is C18H17ClN2O5. The maximum Gasteiger partial charge on any atom is 0.412 e. The van der Waals surface area contributed by atoms with E-state index in [1.54, 1.807) is 41.9 Å². The van der Waals surface area contributed by atoms with Crippen molar-refractivity contribution >= 4 is 29.3 Å². The maximum atomic E-state index is 12.1. The van der Waals surface area contributed by atoms with E-state index in [1.165, 1.54) is 0 Å². The minimum atomic E-state index is -0.824. The number of hydroxylamine groups is 1. The van der Waals surface area contributed by atoms with E-state index in [2.05, 4.69) is 5.32 Å². The van der Waals surface area contributed by atoms with Gasteiger partial charge in [0.1, 0.15) is 12.4 Å². The summed E-state index contributed by atoms with van der Waals surface area (Å²) in [5, 5.41) is 11.9. The summed E-state index contributed by atoms with van der Waals surface area (Å²) < 4.78 is 10.8. The molecule has 2 amide bonds. The van der Waals surface area contributed by atoms with Gasteiger partial charge in [-0.3, -0.25) is 15.3 Å². The first-order valence-corrected chi connectivity index (χ1v) is 8.36. The zero-order valence-electron chi connectivity index (χ0n) is 13.7. The number of fused-ring (bicyclic) bond motifs is 1. The highest BCUT2D eigenvalue weighted by Crippen LogP contribution is 2.35. The van der Waals surface area contributed by atoms with Crippen LogP contribution in [0.25, 0.3) is 0 Å². The first-order valence-electron chi connectivity index (χ1n) is 7.98. The number of amides is 2. The second-order valence-electron chi connectivity index (χ2n) is 5.71. The van der Waals surface area contributed by atoms with Crippen molar-refractivity contribution in [2.24, 2.45) is 0 Å². The second kappa shape index (κ2) is 8.07. The molecule has 1 heterocycles. The largest absolute Gasteiger partial charge is 0.478 e. The van der Waals surface area contributed by atoms with E-state index >= 15 is 0 Å². The third-order valence-corrected chi connectivity index (χ3v) is 4.36. The van der Waals surface area contributed by atoms with Crippen LogP contribution in [0, 0.1) is 0 Å². The number of hydrogen-bond acceptors (Lipinski definition) is 5. The molecule has 1 aliphatic heterocycles. The summed E-state index contributed by atoms with van der Waals surface area (Å²) in [7, 11) is 0. The molecule has 1 unspecified atom stereocenters. The lowest BCUT2D eigenvalue weighted by atomic mass is 10.0. The van der Waals surface area contributed by atoms with Gasteiger partial charge in [-0.05, 0) is 30.5 Å². The lowest BCUT2D eigenvalue weighted by molar-refractivity contribution is -0.137. The molecule has 7 nitrogen and oxygen atoms in total. The molecule has 1 atom stereocenters. The van der Waals surface area contributed by atoms with Crippen LogP contribution >= 0.6 is 11.6 Å². The number of hydrogen-bond donors (Lipinski definition) is 3. The Balaban J connectivity index is 1.68. The fourth-order valence-electron chi connectivity index (χ4n) is 2.67. The predicted molar refractivity (Wildman–Crippen MR) is 94.4 cm³/mol. The number of carbonyl (C=O) groups excluding carboxylic acids is 2. The Bertz CT molecular complexity index is 827. The van der Waals surface area contributed by atoms with E-state index in [9.17, 15) is 9.59 Å². The minimum absolute atomic E-state index is 0.0247. The summed E-state index contributed by atoms with van der Waals surface area (Å²) in [4.78, 5) is 23.7. The molecule has 3 rings (SSSR count). The first kappa shape index (κ1) is 18.0. The molecule has 136 valence electrons. The molecule has 0 radical (unpaired) electrons. The average molecular weight is 377 g/mol. The van der Waals surface area contributed by atoms with Gasteiger partial charge in [0, 0.05) is 10.6 Å². The van der Waals surface area contributed by atoms with Crippen LogP contribution in [-0.4, -0.2) is 23.3 Å². The van der Waals surface area contributed by atoms with Crippen LogP contribution in [0.5, 0.6) is 5.75 Å². The first-order chi connectivity index (χ1) is 12.6. The standard InChI is InChI=1S/C18H17ClN2O5/c19-13-6-2-1-4-12(13)10-25-18(23)20-14-7-3-5-11-8-9-15(17(22)21-24)26-16(11)14/h1-7,15,24H,8-10H2,(H,20,23)(H,21,22). The molecule has 0 aliphatic carbocycles. The summed E-state index contributed by atoms with van der Waals surface area (Å²) in [5.74, 6) is -0.242. The Labute approximate surface area is 154 Å². The van der Waals surface area contributed by atoms with E-state index in [1.807, 2.05) is 6.07 Å². The quantitative estimate of drug-likeness (QED) is 0.562. The summed E-state index contributed by atoms with van der Waals surface area (Å²) in [5.41, 5.74) is 3.52. The van der Waals surface area contributed by atoms with Crippen LogP contribution in [-0.2, 0) is 22.6 Å². The van der Waals surface area contributed by atoms with Gasteiger partial charge in [-0.2, -0.15) is 0 Å². The summed E-state index contributed by atoms with van der Waals surface area (Å²) >= 11 is 6.03. The Morgan fingerprint density at radius 2 is 2.04 bits per heavy atom. The average Bonchev–Trinajstić information content (AvgIpc) is 2.66. The van der Waals surface area contributed by atoms with Crippen molar-refractivity contribution in [2.45, 2.75) is 25.6 Å². The highest BCUT2D eigenvalue weighted by Gasteiger charge is 2.28. The molecule has 2 aromatic carbocycles. The van der Waals surface area contributed by atoms with Gasteiger partial charge in [0.15, 0.2) is 6.10 Å². The monoisotopic (exact) mass is 376 g/mol. The van der Waals surface area contributed by atoms with Crippen molar-refractivity contribution in [1.82, 2.24) is 5.48 Å². The van der Waals surface area contributed by atoms with Gasteiger partial charge >= 0.3 is 6.09 Å². The zero-order valence-corrected chi connectivity index (χ0v) is 14.5. The van der Waals surface area contributed by atoms with E-state index in [0.29, 0.717) is 34.9 Å². The van der Waals surface area contributed by atoms with Crippen molar-refractivity contribution in [3.63, 3.8) is 0 Å². The Kier molecular flexibility index (Phi) is 5.60. The summed E-state index contributed by atoms with van der Waals surface area (Å²) in [6, 6.07) is 12.3. The van der Waals surface area contributed by atoms with E-state index in [0.717, 1.165) is 5.56 Å². The number of aryl methyl sites for hydroxylation is 1. The van der Waals surface area contributed by atoms with Crippen LogP contribution in [0.3, 0.4) is 0 Å². The lowest BCUT2D eigenvalue weighted by Crippen LogP contribution is -2.39. The van der Waals surface area contributed by atoms with Crippen molar-refractivity contribution in [1.29, 1.82) is 0 Å². The number of halogens is 1. The molecule has 0 aromatic heterocycles. The normalized spacial score (nSPS) is 15.4. The molecule has 0 saturated heterocycles. The summed E-state index contributed by atoms with van der Waals surface area (Å²) in [6.45, 7) is 0.0247. The third kappa shape index (κ3) is 4.07. The topological polar surface area (TPSA) is 96.9 Å². The third-order valence-electron chi connectivity index (χ3n) is 3.99. The minimum Gasteiger partial charge on any atom is -0.478 e. The molecule has 8 heteroatoms. The number of nitrogens with one attached hydrogen (secondary N) is 2. The predicted octanol–water partition coefficient (Wildman–Crippen LogP) is 3.29. The molecule has 3 N–H and O–H groups in total. The fraction of sp³-hybridized carbons (Fsp3) is 0.222. The fourth-order valence-corrected chi connectivity index (χ4v) is 2.86. The van der Waals surface area contributed by atoms with Crippen LogP contribution < -0.4 is 15.5 Å². The van der Waals surface area contributed by atoms with Crippen molar-refractivity contribution in [2.75, 3.05) is 5.32 Å². The number of rotatable bonds is 4. The molecule has 0 fully saturated rings. The van der Waals surface area contributed by atoms with Crippen LogP contribution in [0.2, 0.25) is 5.02 Å². The highest BCUT2D eigenvalue weighted by molar-refractivity contribution is 6.31. The number of ether oxygens (including phenoxy) is 2. The van der Waals surface area contributed by atoms with Gasteiger partial charge in [-0.15, -0.1) is 0 Å². The Hall–Kier alpha value is -2.77. The molecule has 0 bridgehead atoms. The number of anilines is 1. The number of carbonyl (C=O) groups is 2. The molecule has 0 saturated carbocycles. The van der Waals surface area contributed by atoms with Crippen molar-refractivity contribution < 1.29 is 24.3 Å². The second-order valence-corrected chi connectivity index (χ2v) is 6.11. The van der Waals surface area contributed by atoms with Gasteiger partial charge < -0.3 is 9.47 Å². The molecular weight excluding hydrogens is 360 g/mol. The highest BCUT2D eigenvalue weighted by atomic mass is 35.5. The van der Waals surface area contributed by atoms with Gasteiger partial charge in [-0.1, -0.05) is 41.9 Å². The zero-order chi connectivity index (χ0) is 18.5. The molecule has 1 aliphatic rings. The van der Waals surface area contributed by atoms with Crippen LogP contribution in [0.4, 0.5) is 10.5 Å². The van der Waals surface area contributed by atoms with Crippen molar-refractivity contribution in [3.8, 4) is 5.75 Å². The van der Waals surface area contributed by atoms with Gasteiger partial charge in [-0.25, -0.2) is 10.3 Å². The van der Waals surface area contributed by atoms with Gasteiger partial charge in [0.05, 0.1) is 5.69 Å². The Morgan fingerprint density at radius 1 is 1.23 bits per heavy atom. The van der Waals surface area contributed by atoms with E-state index < -0.39 is 18.1 Å². The SMILES string of the molecule is O=C(Nc1cccc2c1OC(C(=O)NO)CC2)OCc1ccccc1Cl. The molecule has 2 aromatic rings. The van der Waals surface area contributed by atoms with Crippen LogP contribution in [0.15, 0.2) is 42.5 Å². The Morgan fingerprint density at radius 3 is 2.81 bits per heavy atom.